The van der Waals surface area contributed by atoms with Crippen LogP contribution in [0.25, 0.3) is 0 Å². The van der Waals surface area contributed by atoms with Gasteiger partial charge in [0.25, 0.3) is 0 Å². The highest BCUT2D eigenvalue weighted by Gasteiger charge is 2.15. The van der Waals surface area contributed by atoms with Gasteiger partial charge in [0.05, 0.1) is 5.56 Å². The maximum Gasteiger partial charge on any atom is 0.337 e. The third kappa shape index (κ3) is 2.05. The van der Waals surface area contributed by atoms with E-state index >= 15 is 0 Å². The van der Waals surface area contributed by atoms with E-state index in [1.807, 2.05) is 0 Å². The average molecular weight is 219 g/mol. The first-order valence-corrected chi connectivity index (χ1v) is 5.10. The highest BCUT2D eigenvalue weighted by molar-refractivity contribution is 7.91. The van der Waals surface area contributed by atoms with Crippen LogP contribution in [0.3, 0.4) is 0 Å². The molecule has 1 N–H and O–H groups in total. The van der Waals surface area contributed by atoms with Crippen LogP contribution in [-0.2, 0) is 9.84 Å². The lowest BCUT2D eigenvalue weighted by atomic mass is 10.3. The van der Waals surface area contributed by atoms with Crippen LogP contribution in [0.2, 0.25) is 0 Å². The number of nitrogens with zero attached hydrogens (tertiary/aromatic N) is 1. The maximum atomic E-state index is 12.0. The van der Waals surface area contributed by atoms with Gasteiger partial charge in [-0.2, -0.15) is 0 Å². The first-order chi connectivity index (χ1) is 6.47. The van der Waals surface area contributed by atoms with Crippen molar-refractivity contribution in [1.82, 2.24) is 4.98 Å². The Bertz CT molecular complexity index is 439. The molecule has 0 bridgehead atoms. The third-order valence-electron chi connectivity index (χ3n) is 1.45. The Hall–Kier alpha value is -1.50. The molecule has 76 valence electrons. The van der Waals surface area contributed by atoms with Crippen molar-refractivity contribution in [2.75, 3.05) is 6.01 Å². The fourth-order valence-electron chi connectivity index (χ4n) is 0.747. The lowest BCUT2D eigenvalue weighted by Crippen LogP contribution is -2.06. The number of carboxylic acids is 1. The third-order valence-corrected chi connectivity index (χ3v) is 2.61. The maximum absolute atomic E-state index is 12.0. The van der Waals surface area contributed by atoms with Crippen molar-refractivity contribution < 1.29 is 22.7 Å². The predicted octanol–water partition coefficient (Wildman–Crippen LogP) is 0.480. The van der Waals surface area contributed by atoms with Gasteiger partial charge in [0.1, 0.15) is 0 Å². The molecule has 0 saturated carbocycles. The number of aromatic carboxylic acids is 1. The van der Waals surface area contributed by atoms with Gasteiger partial charge in [-0.25, -0.2) is 22.6 Å². The van der Waals surface area contributed by atoms with E-state index in [2.05, 4.69) is 4.98 Å². The van der Waals surface area contributed by atoms with E-state index in [0.717, 1.165) is 18.3 Å². The first-order valence-electron chi connectivity index (χ1n) is 3.45. The Kier molecular flexibility index (Phi) is 2.80. The fraction of sp³-hybridized carbons (Fsp3) is 0.143. The number of aromatic nitrogens is 1. The summed E-state index contributed by atoms with van der Waals surface area (Å²) in [6.45, 7) is 0. The molecule has 0 aliphatic heterocycles. The topological polar surface area (TPSA) is 84.3 Å². The van der Waals surface area contributed by atoms with Gasteiger partial charge in [0.15, 0.2) is 11.0 Å². The van der Waals surface area contributed by atoms with Crippen molar-refractivity contribution in [3.63, 3.8) is 0 Å². The molecule has 14 heavy (non-hydrogen) atoms. The lowest BCUT2D eigenvalue weighted by Gasteiger charge is -1.98. The minimum Gasteiger partial charge on any atom is -0.478 e. The van der Waals surface area contributed by atoms with Crippen LogP contribution in [0.1, 0.15) is 10.4 Å². The Morgan fingerprint density at radius 2 is 2.14 bits per heavy atom. The smallest absolute Gasteiger partial charge is 0.337 e. The molecule has 7 heteroatoms. The second-order valence-corrected chi connectivity index (χ2v) is 4.28. The van der Waals surface area contributed by atoms with Crippen molar-refractivity contribution in [2.24, 2.45) is 0 Å². The van der Waals surface area contributed by atoms with E-state index in [1.165, 1.54) is 0 Å². The molecular weight excluding hydrogens is 213 g/mol. The number of rotatable bonds is 3. The van der Waals surface area contributed by atoms with Crippen LogP contribution in [0.5, 0.6) is 0 Å². The van der Waals surface area contributed by atoms with Crippen molar-refractivity contribution in [2.45, 2.75) is 5.03 Å². The molecule has 0 saturated heterocycles. The van der Waals surface area contributed by atoms with E-state index in [4.69, 9.17) is 5.11 Å². The molecule has 1 rings (SSSR count). The van der Waals surface area contributed by atoms with Gasteiger partial charge in [-0.3, -0.25) is 0 Å². The molecule has 0 spiro atoms. The van der Waals surface area contributed by atoms with Crippen LogP contribution in [-0.4, -0.2) is 30.5 Å². The summed E-state index contributed by atoms with van der Waals surface area (Å²) >= 11 is 0. The Morgan fingerprint density at radius 1 is 1.50 bits per heavy atom. The van der Waals surface area contributed by atoms with E-state index in [1.54, 1.807) is 0 Å². The quantitative estimate of drug-likeness (QED) is 0.799. The summed E-state index contributed by atoms with van der Waals surface area (Å²) in [5.41, 5.74) is -0.150. The Labute approximate surface area is 79.1 Å². The number of hydrogen-bond donors (Lipinski definition) is 1. The standard InChI is InChI=1S/C7H6FNO4S/c8-4-14(12,13)6-2-1-5(3-9-6)7(10)11/h1-3H,4H2,(H,10,11). The molecule has 5 nitrogen and oxygen atoms in total. The number of carboxylic acid groups (broad SMARTS) is 1. The van der Waals surface area contributed by atoms with Gasteiger partial charge in [-0.05, 0) is 12.1 Å². The summed E-state index contributed by atoms with van der Waals surface area (Å²) < 4.78 is 33.8. The molecule has 0 radical (unpaired) electrons. The normalized spacial score (nSPS) is 11.2. The van der Waals surface area contributed by atoms with E-state index < -0.39 is 26.8 Å². The first kappa shape index (κ1) is 10.6. The van der Waals surface area contributed by atoms with Gasteiger partial charge in [-0.1, -0.05) is 0 Å². The zero-order chi connectivity index (χ0) is 10.8. The number of carbonyl (C=O) groups is 1. The zero-order valence-electron chi connectivity index (χ0n) is 6.84. The molecule has 0 aliphatic carbocycles. The molecule has 1 heterocycles. The van der Waals surface area contributed by atoms with Crippen LogP contribution in [0.4, 0.5) is 4.39 Å². The molecule has 0 amide bonds. The van der Waals surface area contributed by atoms with Crippen LogP contribution >= 0.6 is 0 Å². The largest absolute Gasteiger partial charge is 0.478 e. The highest BCUT2D eigenvalue weighted by atomic mass is 32.2. The van der Waals surface area contributed by atoms with Crippen molar-refractivity contribution in [3.05, 3.63) is 23.9 Å². The molecule has 1 aromatic rings. The summed E-state index contributed by atoms with van der Waals surface area (Å²) in [6.07, 6.45) is 0.866. The molecule has 0 atom stereocenters. The van der Waals surface area contributed by atoms with Crippen molar-refractivity contribution >= 4 is 15.8 Å². The molecule has 0 unspecified atom stereocenters. The Balaban J connectivity index is 3.12. The predicted molar refractivity (Wildman–Crippen MR) is 44.4 cm³/mol. The van der Waals surface area contributed by atoms with Gasteiger partial charge in [0, 0.05) is 6.20 Å². The van der Waals surface area contributed by atoms with Gasteiger partial charge < -0.3 is 5.11 Å². The number of hydrogen-bond acceptors (Lipinski definition) is 4. The van der Waals surface area contributed by atoms with E-state index in [-0.39, 0.29) is 5.56 Å². The summed E-state index contributed by atoms with van der Waals surface area (Å²) in [6, 6.07) is 0.461. The molecule has 0 aromatic carbocycles. The fourth-order valence-corrected chi connectivity index (χ4v) is 1.35. The number of pyridine rings is 1. The highest BCUT2D eigenvalue weighted by Crippen LogP contribution is 2.08. The number of sulfone groups is 1. The van der Waals surface area contributed by atoms with Crippen molar-refractivity contribution in [1.29, 1.82) is 0 Å². The SMILES string of the molecule is O=C(O)c1ccc(S(=O)(=O)CF)nc1. The molecule has 0 aliphatic rings. The number of alkyl halides is 1. The van der Waals surface area contributed by atoms with E-state index in [9.17, 15) is 17.6 Å². The average Bonchev–Trinajstić information content (AvgIpc) is 2.18. The summed E-state index contributed by atoms with van der Waals surface area (Å²) in [5, 5.41) is 8.00. The van der Waals surface area contributed by atoms with Gasteiger partial charge in [-0.15, -0.1) is 0 Å². The van der Waals surface area contributed by atoms with Crippen LogP contribution in [0.15, 0.2) is 23.4 Å². The minimum atomic E-state index is -4.01. The Morgan fingerprint density at radius 3 is 2.50 bits per heavy atom. The number of halogens is 1. The van der Waals surface area contributed by atoms with Gasteiger partial charge in [0.2, 0.25) is 9.84 Å². The summed E-state index contributed by atoms with van der Waals surface area (Å²) in [4.78, 5) is 13.7. The zero-order valence-corrected chi connectivity index (χ0v) is 7.66. The molecule has 0 fully saturated rings. The molecule has 1 aromatic heterocycles. The lowest BCUT2D eigenvalue weighted by molar-refractivity contribution is 0.0696. The van der Waals surface area contributed by atoms with Gasteiger partial charge >= 0.3 is 5.97 Å². The van der Waals surface area contributed by atoms with Crippen LogP contribution < -0.4 is 0 Å². The molecular formula is C7H6FNO4S. The van der Waals surface area contributed by atoms with E-state index in [0.29, 0.717) is 0 Å². The second-order valence-electron chi connectivity index (χ2n) is 2.41. The minimum absolute atomic E-state index is 0.150. The summed E-state index contributed by atoms with van der Waals surface area (Å²) in [5.74, 6) is -1.22. The monoisotopic (exact) mass is 219 g/mol. The van der Waals surface area contributed by atoms with Crippen molar-refractivity contribution in [3.8, 4) is 0 Å². The summed E-state index contributed by atoms with van der Waals surface area (Å²) in [7, 11) is -4.01. The van der Waals surface area contributed by atoms with Crippen LogP contribution in [0, 0.1) is 0 Å². The second kappa shape index (κ2) is 3.70.